The normalized spacial score (nSPS) is 32.2. The molecule has 0 radical (unpaired) electrons. The molecule has 1 amide bonds. The molecule has 2 N–H and O–H groups in total. The molecule has 5 unspecified atom stereocenters. The number of halogens is 2. The lowest BCUT2D eigenvalue weighted by Gasteiger charge is -2.68. The number of carbonyl (C=O) groups excluding carboxylic acids is 1. The molecule has 0 bridgehead atoms. The van der Waals surface area contributed by atoms with Crippen LogP contribution in [-0.4, -0.2) is 34.6 Å². The second-order valence-corrected chi connectivity index (χ2v) is 8.62. The van der Waals surface area contributed by atoms with Crippen molar-refractivity contribution in [3.05, 3.63) is 47.2 Å². The van der Waals surface area contributed by atoms with Crippen molar-refractivity contribution in [3.63, 3.8) is 0 Å². The zero-order valence-electron chi connectivity index (χ0n) is 15.8. The van der Waals surface area contributed by atoms with Crippen LogP contribution < -0.4 is 5.73 Å². The van der Waals surface area contributed by atoms with Gasteiger partial charge < -0.3 is 5.73 Å². The number of carbonyl (C=O) groups is 1. The molecule has 7 heteroatoms. The number of rotatable bonds is 4. The Hall–Kier alpha value is -2.41. The molecule has 28 heavy (non-hydrogen) atoms. The fourth-order valence-corrected chi connectivity index (χ4v) is 5.85. The van der Waals surface area contributed by atoms with E-state index in [1.165, 1.54) is 18.2 Å². The van der Waals surface area contributed by atoms with E-state index in [9.17, 15) is 13.6 Å². The summed E-state index contributed by atoms with van der Waals surface area (Å²) in [5, 5.41) is 8.68. The topological polar surface area (TPSA) is 72.1 Å². The zero-order valence-corrected chi connectivity index (χ0v) is 15.8. The third kappa shape index (κ3) is 2.16. The Kier molecular flexibility index (Phi) is 3.66. The Morgan fingerprint density at radius 2 is 2.00 bits per heavy atom. The van der Waals surface area contributed by atoms with Crippen LogP contribution in [-0.2, 0) is 10.3 Å². The fraction of sp³-hybridized carbons (Fsp3) is 0.476. The van der Waals surface area contributed by atoms with E-state index in [-0.39, 0.29) is 17.8 Å². The van der Waals surface area contributed by atoms with Gasteiger partial charge in [-0.2, -0.15) is 5.10 Å². The minimum atomic E-state index is -0.647. The highest BCUT2D eigenvalue weighted by Gasteiger charge is 2.65. The molecule has 2 saturated carbocycles. The van der Waals surface area contributed by atoms with Gasteiger partial charge in [-0.3, -0.25) is 9.69 Å². The summed E-state index contributed by atoms with van der Waals surface area (Å²) in [5.41, 5.74) is 6.86. The SMILES string of the molecule is CN(CC(N)=O)C1(C)c2nnc(-c3c(F)cccc3F)cc2C2CC3CC1C32. The number of nitrogens with two attached hydrogens (primary N) is 1. The molecular weight excluding hydrogens is 362 g/mol. The van der Waals surface area contributed by atoms with Gasteiger partial charge in [-0.05, 0) is 74.2 Å². The van der Waals surface area contributed by atoms with E-state index in [0.717, 1.165) is 24.1 Å². The second kappa shape index (κ2) is 5.80. The summed E-state index contributed by atoms with van der Waals surface area (Å²) in [6.07, 6.45) is 2.18. The molecule has 0 saturated heterocycles. The third-order valence-electron chi connectivity index (χ3n) is 7.42. The van der Waals surface area contributed by atoms with E-state index in [1.807, 2.05) is 11.9 Å². The maximum atomic E-state index is 14.3. The van der Waals surface area contributed by atoms with E-state index in [0.29, 0.717) is 23.7 Å². The molecule has 2 aromatic rings. The van der Waals surface area contributed by atoms with Gasteiger partial charge >= 0.3 is 0 Å². The van der Waals surface area contributed by atoms with Crippen molar-refractivity contribution in [3.8, 4) is 11.3 Å². The van der Waals surface area contributed by atoms with Crippen LogP contribution in [0.2, 0.25) is 0 Å². The highest BCUT2D eigenvalue weighted by molar-refractivity contribution is 5.76. The first-order chi connectivity index (χ1) is 13.3. The Balaban J connectivity index is 1.65. The van der Waals surface area contributed by atoms with Gasteiger partial charge in [0, 0.05) is 0 Å². The predicted octanol–water partition coefficient (Wildman–Crippen LogP) is 2.81. The monoisotopic (exact) mass is 384 g/mol. The molecule has 146 valence electrons. The number of primary amides is 1. The molecule has 0 spiro atoms. The van der Waals surface area contributed by atoms with E-state index in [2.05, 4.69) is 17.1 Å². The molecule has 5 rings (SSSR count). The molecule has 2 fully saturated rings. The lowest BCUT2D eigenvalue weighted by molar-refractivity contribution is -0.150. The second-order valence-electron chi connectivity index (χ2n) is 8.62. The number of hydrogen-bond acceptors (Lipinski definition) is 4. The molecule has 3 aliphatic carbocycles. The largest absolute Gasteiger partial charge is 0.369 e. The standard InChI is InChI=1S/C21H22F2N4O/c1-21(27(2)9-17(24)28)13-7-10-6-11(18(10)13)12-8-16(25-26-20(12)21)19-14(22)4-3-5-15(19)23/h3-5,8,10-11,13,18H,6-7,9H2,1-2H3,(H2,24,28). The number of hydrogen-bond donors (Lipinski definition) is 1. The lowest BCUT2D eigenvalue weighted by Crippen LogP contribution is -2.66. The molecule has 5 nitrogen and oxygen atoms in total. The van der Waals surface area contributed by atoms with E-state index >= 15 is 0 Å². The van der Waals surface area contributed by atoms with Crippen LogP contribution in [0.15, 0.2) is 24.3 Å². The third-order valence-corrected chi connectivity index (χ3v) is 7.42. The van der Waals surface area contributed by atoms with E-state index in [4.69, 9.17) is 5.73 Å². The first-order valence-corrected chi connectivity index (χ1v) is 9.64. The van der Waals surface area contributed by atoms with Crippen molar-refractivity contribution < 1.29 is 13.6 Å². The summed E-state index contributed by atoms with van der Waals surface area (Å²) >= 11 is 0. The van der Waals surface area contributed by atoms with Crippen molar-refractivity contribution in [2.24, 2.45) is 23.5 Å². The van der Waals surface area contributed by atoms with E-state index < -0.39 is 23.1 Å². The van der Waals surface area contributed by atoms with Crippen molar-refractivity contribution in [2.45, 2.75) is 31.2 Å². The molecule has 1 aromatic carbocycles. The van der Waals surface area contributed by atoms with Crippen LogP contribution in [0.3, 0.4) is 0 Å². The van der Waals surface area contributed by atoms with Gasteiger partial charge in [-0.15, -0.1) is 5.10 Å². The maximum Gasteiger partial charge on any atom is 0.231 e. The Morgan fingerprint density at radius 1 is 1.29 bits per heavy atom. The average molecular weight is 384 g/mol. The lowest BCUT2D eigenvalue weighted by atomic mass is 9.39. The highest BCUT2D eigenvalue weighted by atomic mass is 19.1. The molecule has 1 heterocycles. The summed E-state index contributed by atoms with van der Waals surface area (Å²) in [7, 11) is 1.88. The van der Waals surface area contributed by atoms with Gasteiger partial charge in [0.1, 0.15) is 11.6 Å². The Morgan fingerprint density at radius 3 is 2.64 bits per heavy atom. The van der Waals surface area contributed by atoms with Gasteiger partial charge in [-0.1, -0.05) is 6.07 Å². The van der Waals surface area contributed by atoms with Gasteiger partial charge in [0.05, 0.1) is 29.0 Å². The number of likely N-dealkylation sites (N-methyl/N-ethyl adjacent to an activating group) is 1. The molecule has 1 aromatic heterocycles. The molecule has 0 aliphatic heterocycles. The Labute approximate surface area is 161 Å². The number of aromatic nitrogens is 2. The number of benzene rings is 1. The van der Waals surface area contributed by atoms with Crippen molar-refractivity contribution >= 4 is 5.91 Å². The van der Waals surface area contributed by atoms with Gasteiger partial charge in [0.2, 0.25) is 5.91 Å². The minimum Gasteiger partial charge on any atom is -0.369 e. The fourth-order valence-electron chi connectivity index (χ4n) is 5.85. The predicted molar refractivity (Wildman–Crippen MR) is 99.0 cm³/mol. The molecule has 3 aliphatic rings. The first kappa shape index (κ1) is 17.7. The number of fused-ring (bicyclic) bond motifs is 2. The minimum absolute atomic E-state index is 0.125. The van der Waals surface area contributed by atoms with Crippen LogP contribution in [0, 0.1) is 29.4 Å². The van der Waals surface area contributed by atoms with Gasteiger partial charge in [0.25, 0.3) is 0 Å². The van der Waals surface area contributed by atoms with Crippen LogP contribution >= 0.6 is 0 Å². The number of nitrogens with zero attached hydrogens (tertiary/aromatic N) is 3. The van der Waals surface area contributed by atoms with Crippen LogP contribution in [0.1, 0.15) is 36.9 Å². The molecular formula is C21H22F2N4O. The van der Waals surface area contributed by atoms with Crippen molar-refractivity contribution in [2.75, 3.05) is 13.6 Å². The van der Waals surface area contributed by atoms with Crippen LogP contribution in [0.25, 0.3) is 11.3 Å². The summed E-state index contributed by atoms with van der Waals surface area (Å²) in [4.78, 5) is 13.5. The Bertz CT molecular complexity index is 976. The number of amides is 1. The van der Waals surface area contributed by atoms with Crippen molar-refractivity contribution in [1.82, 2.24) is 15.1 Å². The van der Waals surface area contributed by atoms with Crippen LogP contribution in [0.4, 0.5) is 8.78 Å². The van der Waals surface area contributed by atoms with Crippen molar-refractivity contribution in [1.29, 1.82) is 0 Å². The van der Waals surface area contributed by atoms with Gasteiger partial charge in [-0.25, -0.2) is 8.78 Å². The summed E-state index contributed by atoms with van der Waals surface area (Å²) in [6.45, 7) is 2.21. The molecule has 5 atom stereocenters. The average Bonchev–Trinajstić information content (AvgIpc) is 2.60. The summed E-state index contributed by atoms with van der Waals surface area (Å²) in [5.74, 6) is 0.256. The summed E-state index contributed by atoms with van der Waals surface area (Å²) < 4.78 is 28.6. The van der Waals surface area contributed by atoms with Crippen LogP contribution in [0.5, 0.6) is 0 Å². The maximum absolute atomic E-state index is 14.3. The smallest absolute Gasteiger partial charge is 0.231 e. The summed E-state index contributed by atoms with van der Waals surface area (Å²) in [6, 6.07) is 5.60. The quantitative estimate of drug-likeness (QED) is 0.880. The van der Waals surface area contributed by atoms with Gasteiger partial charge in [0.15, 0.2) is 0 Å². The zero-order chi connectivity index (χ0) is 19.8. The van der Waals surface area contributed by atoms with E-state index in [1.54, 1.807) is 6.07 Å². The first-order valence-electron chi connectivity index (χ1n) is 9.64. The highest BCUT2D eigenvalue weighted by Crippen LogP contribution is 2.70.